The van der Waals surface area contributed by atoms with Gasteiger partial charge in [0.25, 0.3) is 0 Å². The van der Waals surface area contributed by atoms with Gasteiger partial charge in [0.2, 0.25) is 0 Å². The average molecular weight is 363 g/mol. The van der Waals surface area contributed by atoms with Crippen LogP contribution in [-0.4, -0.2) is 41.8 Å². The van der Waals surface area contributed by atoms with Crippen molar-refractivity contribution in [2.24, 2.45) is 11.3 Å². The number of carbonyl (C=O) groups excluding carboxylic acids is 1. The van der Waals surface area contributed by atoms with Gasteiger partial charge in [0, 0.05) is 24.4 Å². The Morgan fingerprint density at radius 3 is 2.15 bits per heavy atom. The van der Waals surface area contributed by atoms with Crippen LogP contribution >= 0.6 is 0 Å². The quantitative estimate of drug-likeness (QED) is 0.902. The summed E-state index contributed by atoms with van der Waals surface area (Å²) in [5.74, 6) is -1.24. The van der Waals surface area contributed by atoms with Crippen molar-refractivity contribution in [3.8, 4) is 11.1 Å². The molecule has 27 heavy (non-hydrogen) atoms. The second-order valence-electron chi connectivity index (χ2n) is 7.94. The Labute approximate surface area is 157 Å². The number of amides is 1. The van der Waals surface area contributed by atoms with Gasteiger partial charge in [-0.15, -0.1) is 0 Å². The summed E-state index contributed by atoms with van der Waals surface area (Å²) in [6.45, 7) is 1.03. The molecule has 1 aliphatic heterocycles. The fraction of sp³-hybridized carbons (Fsp3) is 0.364. The summed E-state index contributed by atoms with van der Waals surface area (Å²) in [5, 5.41) is 9.43. The fourth-order valence-corrected chi connectivity index (χ4v) is 4.80. The van der Waals surface area contributed by atoms with E-state index in [1.54, 1.807) is 4.90 Å². The number of hydrogen-bond donors (Lipinski definition) is 1. The lowest BCUT2D eigenvalue weighted by Crippen LogP contribution is -2.31. The molecule has 1 atom stereocenters. The number of benzene rings is 2. The molecule has 5 nitrogen and oxygen atoms in total. The molecule has 1 saturated carbocycles. The largest absolute Gasteiger partial charge is 0.481 e. The van der Waals surface area contributed by atoms with E-state index in [-0.39, 0.29) is 24.5 Å². The lowest BCUT2D eigenvalue weighted by Gasteiger charge is -2.19. The number of likely N-dealkylation sites (tertiary alicyclic amines) is 1. The lowest BCUT2D eigenvalue weighted by molar-refractivity contribution is -0.142. The van der Waals surface area contributed by atoms with E-state index in [0.717, 1.165) is 12.8 Å². The first-order chi connectivity index (χ1) is 13.1. The van der Waals surface area contributed by atoms with Crippen LogP contribution in [0.25, 0.3) is 11.1 Å². The Balaban J connectivity index is 1.32. The minimum absolute atomic E-state index is 0.0223. The summed E-state index contributed by atoms with van der Waals surface area (Å²) in [6, 6.07) is 16.4. The van der Waals surface area contributed by atoms with Crippen molar-refractivity contribution < 1.29 is 19.4 Å². The second kappa shape index (κ2) is 5.84. The van der Waals surface area contributed by atoms with Gasteiger partial charge in [-0.3, -0.25) is 4.79 Å². The van der Waals surface area contributed by atoms with Crippen LogP contribution in [0.5, 0.6) is 0 Å². The van der Waals surface area contributed by atoms with E-state index in [4.69, 9.17) is 4.74 Å². The predicted octanol–water partition coefficient (Wildman–Crippen LogP) is 3.73. The Morgan fingerprint density at radius 1 is 1.04 bits per heavy atom. The highest BCUT2D eigenvalue weighted by Gasteiger charge is 2.59. The molecular weight excluding hydrogens is 342 g/mol. The van der Waals surface area contributed by atoms with E-state index >= 15 is 0 Å². The number of hydrogen-bond acceptors (Lipinski definition) is 3. The van der Waals surface area contributed by atoms with Crippen LogP contribution in [0.2, 0.25) is 0 Å². The maximum atomic E-state index is 12.6. The van der Waals surface area contributed by atoms with Gasteiger partial charge >= 0.3 is 12.1 Å². The van der Waals surface area contributed by atoms with E-state index in [2.05, 4.69) is 24.3 Å². The van der Waals surface area contributed by atoms with Crippen molar-refractivity contribution in [1.29, 1.82) is 0 Å². The fourth-order valence-electron chi connectivity index (χ4n) is 4.80. The molecule has 2 fully saturated rings. The number of rotatable bonds is 3. The van der Waals surface area contributed by atoms with Gasteiger partial charge in [-0.2, -0.15) is 0 Å². The van der Waals surface area contributed by atoms with Crippen LogP contribution in [0, 0.1) is 11.3 Å². The number of carboxylic acid groups (broad SMARTS) is 1. The smallest absolute Gasteiger partial charge is 0.409 e. The van der Waals surface area contributed by atoms with Crippen molar-refractivity contribution in [1.82, 2.24) is 4.90 Å². The summed E-state index contributed by atoms with van der Waals surface area (Å²) in [4.78, 5) is 25.7. The van der Waals surface area contributed by atoms with Crippen LogP contribution in [-0.2, 0) is 9.53 Å². The van der Waals surface area contributed by atoms with E-state index < -0.39 is 18.0 Å². The lowest BCUT2D eigenvalue weighted by atomic mass is 9.93. The number of carbonyl (C=O) groups is 2. The molecule has 1 N–H and O–H groups in total. The standard InChI is InChI=1S/C22H21NO4/c24-20(25)19-11-23(13-22(19)9-10-22)21(26)27-12-18-16-7-3-1-5-14(16)15-6-2-4-8-17(15)18/h1-8,18-19H,9-13H2,(H,24,25)/t19-/m0/s1. The van der Waals surface area contributed by atoms with Gasteiger partial charge in [-0.25, -0.2) is 4.79 Å². The summed E-state index contributed by atoms with van der Waals surface area (Å²) >= 11 is 0. The number of ether oxygens (including phenoxy) is 1. The molecule has 0 unspecified atom stereocenters. The van der Waals surface area contributed by atoms with E-state index in [1.807, 2.05) is 24.3 Å². The van der Waals surface area contributed by atoms with Gasteiger partial charge in [0.15, 0.2) is 0 Å². The molecule has 1 amide bonds. The zero-order valence-electron chi connectivity index (χ0n) is 14.9. The third kappa shape index (κ3) is 2.52. The van der Waals surface area contributed by atoms with Crippen LogP contribution < -0.4 is 0 Å². The molecule has 0 bridgehead atoms. The Morgan fingerprint density at radius 2 is 1.63 bits per heavy atom. The number of nitrogens with zero attached hydrogens (tertiary/aromatic N) is 1. The van der Waals surface area contributed by atoms with E-state index in [1.165, 1.54) is 22.3 Å². The second-order valence-corrected chi connectivity index (χ2v) is 7.94. The van der Waals surface area contributed by atoms with Crippen molar-refractivity contribution in [2.75, 3.05) is 19.7 Å². The molecular formula is C22H21NO4. The first-order valence-electron chi connectivity index (χ1n) is 9.42. The molecule has 5 rings (SSSR count). The summed E-state index contributed by atoms with van der Waals surface area (Å²) in [5.41, 5.74) is 4.53. The molecule has 2 aliphatic carbocycles. The van der Waals surface area contributed by atoms with Gasteiger partial charge in [0.05, 0.1) is 5.92 Å². The molecule has 2 aromatic carbocycles. The molecule has 0 radical (unpaired) electrons. The maximum absolute atomic E-state index is 12.6. The molecule has 5 heteroatoms. The first-order valence-corrected chi connectivity index (χ1v) is 9.42. The monoisotopic (exact) mass is 363 g/mol. The molecule has 1 heterocycles. The summed E-state index contributed by atoms with van der Waals surface area (Å²) < 4.78 is 5.67. The normalized spacial score (nSPS) is 21.8. The molecule has 2 aromatic rings. The van der Waals surface area contributed by atoms with Gasteiger partial charge in [0.1, 0.15) is 6.61 Å². The Hall–Kier alpha value is -2.82. The number of fused-ring (bicyclic) bond motifs is 3. The van der Waals surface area contributed by atoms with E-state index in [0.29, 0.717) is 6.54 Å². The maximum Gasteiger partial charge on any atom is 0.409 e. The molecule has 138 valence electrons. The average Bonchev–Trinajstić information content (AvgIpc) is 3.22. The molecule has 3 aliphatic rings. The van der Waals surface area contributed by atoms with Crippen molar-refractivity contribution >= 4 is 12.1 Å². The summed E-state index contributed by atoms with van der Waals surface area (Å²) in [6.07, 6.45) is 1.38. The Kier molecular flexibility index (Phi) is 3.54. The van der Waals surface area contributed by atoms with Crippen LogP contribution in [0.15, 0.2) is 48.5 Å². The molecule has 1 spiro atoms. The van der Waals surface area contributed by atoms with Crippen molar-refractivity contribution in [3.05, 3.63) is 59.7 Å². The Bertz CT molecular complexity index is 888. The topological polar surface area (TPSA) is 66.8 Å². The van der Waals surface area contributed by atoms with Crippen molar-refractivity contribution in [3.63, 3.8) is 0 Å². The van der Waals surface area contributed by atoms with E-state index in [9.17, 15) is 14.7 Å². The van der Waals surface area contributed by atoms with Crippen LogP contribution in [0.1, 0.15) is 29.9 Å². The highest BCUT2D eigenvalue weighted by atomic mass is 16.6. The minimum atomic E-state index is -0.804. The predicted molar refractivity (Wildman–Crippen MR) is 99.4 cm³/mol. The van der Waals surface area contributed by atoms with Crippen molar-refractivity contribution in [2.45, 2.75) is 18.8 Å². The van der Waals surface area contributed by atoms with Gasteiger partial charge in [-0.05, 0) is 35.1 Å². The van der Waals surface area contributed by atoms with Gasteiger partial charge < -0.3 is 14.7 Å². The zero-order chi connectivity index (χ0) is 18.6. The highest BCUT2D eigenvalue weighted by molar-refractivity contribution is 5.79. The first kappa shape index (κ1) is 16.4. The van der Waals surface area contributed by atoms with Crippen LogP contribution in [0.3, 0.4) is 0 Å². The number of aliphatic carboxylic acids is 1. The third-order valence-corrected chi connectivity index (χ3v) is 6.43. The van der Waals surface area contributed by atoms with Gasteiger partial charge in [-0.1, -0.05) is 48.5 Å². The highest BCUT2D eigenvalue weighted by Crippen LogP contribution is 2.56. The zero-order valence-corrected chi connectivity index (χ0v) is 14.9. The minimum Gasteiger partial charge on any atom is -0.481 e. The van der Waals surface area contributed by atoms with Crippen LogP contribution in [0.4, 0.5) is 4.79 Å². The summed E-state index contributed by atoms with van der Waals surface area (Å²) in [7, 11) is 0. The SMILES string of the molecule is O=C(O)[C@@H]1CN(C(=O)OCC2c3ccccc3-c3ccccc32)CC12CC2. The third-order valence-electron chi connectivity index (χ3n) is 6.43. The molecule has 0 aromatic heterocycles. The number of carboxylic acids is 1. The molecule has 1 saturated heterocycles.